The van der Waals surface area contributed by atoms with E-state index in [1.54, 1.807) is 24.3 Å². The summed E-state index contributed by atoms with van der Waals surface area (Å²) in [5.74, 6) is -0.266. The lowest BCUT2D eigenvalue weighted by molar-refractivity contribution is -0.137. The van der Waals surface area contributed by atoms with Crippen molar-refractivity contribution in [1.82, 2.24) is 10.2 Å². The topological polar surface area (TPSA) is 61.4 Å². The van der Waals surface area contributed by atoms with Gasteiger partial charge in [0.05, 0.1) is 5.56 Å². The van der Waals surface area contributed by atoms with Gasteiger partial charge < -0.3 is 15.5 Å². The molecule has 1 amide bonds. The van der Waals surface area contributed by atoms with Crippen LogP contribution in [0, 0.1) is 20.8 Å². The van der Waals surface area contributed by atoms with E-state index in [1.807, 2.05) is 26.8 Å². The van der Waals surface area contributed by atoms with Crippen molar-refractivity contribution in [2.75, 3.05) is 31.5 Å². The number of amides is 1. The van der Waals surface area contributed by atoms with Gasteiger partial charge in [0, 0.05) is 48.9 Å². The minimum absolute atomic E-state index is 0.0434. The van der Waals surface area contributed by atoms with E-state index in [9.17, 15) is 22.8 Å². The Balaban J connectivity index is 1.27. The first-order valence-corrected chi connectivity index (χ1v) is 15.7. The maximum absolute atomic E-state index is 13.5. The molecule has 4 rings (SSSR count). The monoisotopic (exact) mass is 607 g/mol. The van der Waals surface area contributed by atoms with Crippen LogP contribution in [0.5, 0.6) is 0 Å². The number of anilines is 1. The van der Waals surface area contributed by atoms with E-state index in [4.69, 9.17) is 0 Å². The normalized spacial score (nSPS) is 14.4. The van der Waals surface area contributed by atoms with E-state index in [-0.39, 0.29) is 17.4 Å². The highest BCUT2D eigenvalue weighted by atomic mass is 19.4. The number of halogens is 3. The van der Waals surface area contributed by atoms with Crippen LogP contribution in [0.25, 0.3) is 11.1 Å². The molecule has 44 heavy (non-hydrogen) atoms. The zero-order chi connectivity index (χ0) is 31.9. The number of aryl methyl sites for hydroxylation is 2. The summed E-state index contributed by atoms with van der Waals surface area (Å²) in [5, 5.41) is 6.58. The summed E-state index contributed by atoms with van der Waals surface area (Å²) in [6.07, 6.45) is 0.368. The highest BCUT2D eigenvalue weighted by molar-refractivity contribution is 6.01. The predicted molar refractivity (Wildman–Crippen MR) is 171 cm³/mol. The van der Waals surface area contributed by atoms with Gasteiger partial charge in [0.1, 0.15) is 0 Å². The Hall–Kier alpha value is -3.65. The number of carbonyl (C=O) groups is 2. The number of nitrogens with zero attached hydrogens (tertiary/aromatic N) is 1. The first-order valence-electron chi connectivity index (χ1n) is 15.7. The molecule has 3 aromatic carbocycles. The zero-order valence-corrected chi connectivity index (χ0v) is 26.2. The minimum Gasteiger partial charge on any atom is -0.385 e. The van der Waals surface area contributed by atoms with Gasteiger partial charge in [-0.15, -0.1) is 0 Å². The van der Waals surface area contributed by atoms with E-state index < -0.39 is 17.6 Å². The van der Waals surface area contributed by atoms with Crippen LogP contribution >= 0.6 is 0 Å². The Labute approximate surface area is 259 Å². The number of unbranched alkanes of at least 4 members (excludes halogenated alkanes) is 1. The summed E-state index contributed by atoms with van der Waals surface area (Å²) in [7, 11) is 0. The summed E-state index contributed by atoms with van der Waals surface area (Å²) in [6, 6.07) is 14.4. The average Bonchev–Trinajstić information content (AvgIpc) is 2.99. The lowest BCUT2D eigenvalue weighted by Gasteiger charge is -2.32. The number of ketones is 1. The third kappa shape index (κ3) is 8.29. The van der Waals surface area contributed by atoms with Crippen LogP contribution in [0.15, 0.2) is 54.6 Å². The Morgan fingerprint density at radius 2 is 1.64 bits per heavy atom. The molecule has 1 aliphatic heterocycles. The summed E-state index contributed by atoms with van der Waals surface area (Å²) in [4.78, 5) is 28.3. The molecule has 0 aromatic heterocycles. The molecular weight excluding hydrogens is 563 g/mol. The maximum atomic E-state index is 13.5. The van der Waals surface area contributed by atoms with Crippen molar-refractivity contribution in [1.29, 1.82) is 0 Å². The number of alkyl halides is 3. The van der Waals surface area contributed by atoms with Crippen LogP contribution in [0.3, 0.4) is 0 Å². The Bertz CT molecular complexity index is 1450. The molecule has 1 saturated heterocycles. The molecule has 0 atom stereocenters. The average molecular weight is 608 g/mol. The number of benzene rings is 3. The molecule has 1 fully saturated rings. The van der Waals surface area contributed by atoms with E-state index in [2.05, 4.69) is 28.5 Å². The second kappa shape index (κ2) is 14.9. The van der Waals surface area contributed by atoms with Crippen molar-refractivity contribution in [3.05, 3.63) is 88.0 Å². The Morgan fingerprint density at radius 1 is 0.932 bits per heavy atom. The molecule has 3 aromatic rings. The van der Waals surface area contributed by atoms with E-state index in [0.29, 0.717) is 17.5 Å². The van der Waals surface area contributed by atoms with Gasteiger partial charge in [0.15, 0.2) is 5.78 Å². The smallest absolute Gasteiger partial charge is 0.385 e. The number of rotatable bonds is 12. The number of carbonyl (C=O) groups excluding carboxylic acids is 2. The van der Waals surface area contributed by atoms with Crippen LogP contribution in [0.2, 0.25) is 0 Å². The third-order valence-electron chi connectivity index (χ3n) is 8.53. The molecule has 1 aliphatic rings. The van der Waals surface area contributed by atoms with Crippen molar-refractivity contribution >= 4 is 17.4 Å². The van der Waals surface area contributed by atoms with Crippen molar-refractivity contribution < 1.29 is 22.8 Å². The number of nitrogens with one attached hydrogen (secondary N) is 2. The number of hydrogen-bond acceptors (Lipinski definition) is 4. The SMILES string of the molecule is CCCC(=O)c1c(C)cc(C)c(NCCCCN2CCC(NC(=O)c3cc(C(F)(F)F)ccc3-c3ccccc3)CC2)c1C. The number of piperidine rings is 1. The molecule has 8 heteroatoms. The molecule has 5 nitrogen and oxygen atoms in total. The van der Waals surface area contributed by atoms with Gasteiger partial charge in [-0.05, 0) is 99.4 Å². The van der Waals surface area contributed by atoms with Gasteiger partial charge in [0.25, 0.3) is 5.91 Å². The molecule has 2 N–H and O–H groups in total. The molecule has 0 aliphatic carbocycles. The summed E-state index contributed by atoms with van der Waals surface area (Å²) in [5.41, 5.74) is 5.53. The molecule has 0 bridgehead atoms. The third-order valence-corrected chi connectivity index (χ3v) is 8.53. The largest absolute Gasteiger partial charge is 0.416 e. The van der Waals surface area contributed by atoms with Crippen LogP contribution < -0.4 is 10.6 Å². The van der Waals surface area contributed by atoms with E-state index >= 15 is 0 Å². The van der Waals surface area contributed by atoms with Crippen molar-refractivity contribution in [2.45, 2.75) is 78.4 Å². The van der Waals surface area contributed by atoms with Gasteiger partial charge in [-0.25, -0.2) is 0 Å². The Kier molecular flexibility index (Phi) is 11.2. The fraction of sp³-hybridized carbons (Fsp3) is 0.444. The quantitative estimate of drug-likeness (QED) is 0.160. The molecule has 0 saturated carbocycles. The molecule has 0 spiro atoms. The maximum Gasteiger partial charge on any atom is 0.416 e. The van der Waals surface area contributed by atoms with Crippen LogP contribution in [-0.4, -0.2) is 48.8 Å². The predicted octanol–water partition coefficient (Wildman–Crippen LogP) is 8.37. The van der Waals surface area contributed by atoms with Crippen molar-refractivity contribution in [3.8, 4) is 11.1 Å². The van der Waals surface area contributed by atoms with Gasteiger partial charge in [-0.3, -0.25) is 9.59 Å². The zero-order valence-electron chi connectivity index (χ0n) is 26.2. The van der Waals surface area contributed by atoms with Crippen LogP contribution in [0.4, 0.5) is 18.9 Å². The van der Waals surface area contributed by atoms with E-state index in [0.717, 1.165) is 98.4 Å². The summed E-state index contributed by atoms with van der Waals surface area (Å²) < 4.78 is 40.4. The summed E-state index contributed by atoms with van der Waals surface area (Å²) in [6.45, 7) is 11.6. The van der Waals surface area contributed by atoms with Crippen LogP contribution in [0.1, 0.15) is 88.4 Å². The second-order valence-corrected chi connectivity index (χ2v) is 11.9. The van der Waals surface area contributed by atoms with E-state index in [1.165, 1.54) is 6.07 Å². The first-order chi connectivity index (χ1) is 21.0. The first kappa shape index (κ1) is 33.2. The lowest BCUT2D eigenvalue weighted by atomic mass is 9.92. The number of hydrogen-bond donors (Lipinski definition) is 2. The molecule has 0 radical (unpaired) electrons. The van der Waals surface area contributed by atoms with Gasteiger partial charge >= 0.3 is 6.18 Å². The molecule has 0 unspecified atom stereocenters. The van der Waals surface area contributed by atoms with Gasteiger partial charge in [-0.2, -0.15) is 13.2 Å². The lowest BCUT2D eigenvalue weighted by Crippen LogP contribution is -2.45. The molecule has 236 valence electrons. The summed E-state index contributed by atoms with van der Waals surface area (Å²) >= 11 is 0. The fourth-order valence-corrected chi connectivity index (χ4v) is 6.25. The second-order valence-electron chi connectivity index (χ2n) is 11.9. The van der Waals surface area contributed by atoms with Crippen molar-refractivity contribution in [2.24, 2.45) is 0 Å². The van der Waals surface area contributed by atoms with Crippen molar-refractivity contribution in [3.63, 3.8) is 0 Å². The van der Waals surface area contributed by atoms with Gasteiger partial charge in [0.2, 0.25) is 0 Å². The minimum atomic E-state index is -4.53. The van der Waals surface area contributed by atoms with Gasteiger partial charge in [-0.1, -0.05) is 49.4 Å². The highest BCUT2D eigenvalue weighted by Crippen LogP contribution is 2.34. The molecule has 1 heterocycles. The number of likely N-dealkylation sites (tertiary alicyclic amines) is 1. The molecular formula is C36H44F3N3O2. The Morgan fingerprint density at radius 3 is 2.30 bits per heavy atom. The number of Topliss-reactive ketones (excluding diaryl/α,β-unsaturated/α-hetero) is 1. The van der Waals surface area contributed by atoms with Crippen LogP contribution in [-0.2, 0) is 6.18 Å². The fourth-order valence-electron chi connectivity index (χ4n) is 6.25. The standard InChI is InChI=1S/C36H44F3N3O2/c1-5-11-32(43)33-24(2)22-25(3)34(26(33)4)40-18-9-10-19-42-20-16-29(17-21-42)41-35(44)31-23-28(36(37,38)39)14-15-30(31)27-12-7-6-8-13-27/h6-8,12-15,22-23,29,40H,5,9-11,16-21H2,1-4H3,(H,41,44). The highest BCUT2D eigenvalue weighted by Gasteiger charge is 2.32.